The summed E-state index contributed by atoms with van der Waals surface area (Å²) in [7, 11) is 1.18. The number of ether oxygens (including phenoxy) is 1. The van der Waals surface area contributed by atoms with E-state index in [9.17, 15) is 13.6 Å². The molecule has 0 aromatic rings. The SMILES string of the molecule is CCC(F)(F)CCC(N)C(=O)OC. The van der Waals surface area contributed by atoms with Gasteiger partial charge in [-0.2, -0.15) is 0 Å². The number of carbonyl (C=O) groups excluding carboxylic acids is 1. The number of hydrogen-bond donors (Lipinski definition) is 1. The molecule has 0 aromatic carbocycles. The molecule has 3 nitrogen and oxygen atoms in total. The molecule has 0 radical (unpaired) electrons. The van der Waals surface area contributed by atoms with Crippen LogP contribution < -0.4 is 5.73 Å². The molecule has 0 amide bonds. The number of rotatable bonds is 5. The van der Waals surface area contributed by atoms with Gasteiger partial charge in [0.1, 0.15) is 6.04 Å². The van der Waals surface area contributed by atoms with Crippen LogP contribution in [-0.2, 0) is 9.53 Å². The van der Waals surface area contributed by atoms with Gasteiger partial charge in [-0.05, 0) is 6.42 Å². The summed E-state index contributed by atoms with van der Waals surface area (Å²) in [5.74, 6) is -3.38. The van der Waals surface area contributed by atoms with Crippen molar-refractivity contribution < 1.29 is 18.3 Å². The largest absolute Gasteiger partial charge is 0.468 e. The summed E-state index contributed by atoms with van der Waals surface area (Å²) in [5, 5.41) is 0. The number of halogens is 2. The fraction of sp³-hybridized carbons (Fsp3) is 0.875. The second-order valence-electron chi connectivity index (χ2n) is 2.88. The first-order valence-corrected chi connectivity index (χ1v) is 4.14. The summed E-state index contributed by atoms with van der Waals surface area (Å²) in [4.78, 5) is 10.7. The molecule has 13 heavy (non-hydrogen) atoms. The summed E-state index contributed by atoms with van der Waals surface area (Å²) in [6, 6.07) is -0.942. The van der Waals surface area contributed by atoms with E-state index >= 15 is 0 Å². The van der Waals surface area contributed by atoms with Crippen LogP contribution in [-0.4, -0.2) is 25.0 Å². The van der Waals surface area contributed by atoms with Crippen molar-refractivity contribution in [3.05, 3.63) is 0 Å². The van der Waals surface area contributed by atoms with Gasteiger partial charge in [-0.1, -0.05) is 6.92 Å². The van der Waals surface area contributed by atoms with E-state index < -0.39 is 17.9 Å². The highest BCUT2D eigenvalue weighted by atomic mass is 19.3. The lowest BCUT2D eigenvalue weighted by Crippen LogP contribution is -2.33. The predicted molar refractivity (Wildman–Crippen MR) is 44.5 cm³/mol. The third-order valence-electron chi connectivity index (χ3n) is 1.84. The Morgan fingerprint density at radius 1 is 1.62 bits per heavy atom. The van der Waals surface area contributed by atoms with Gasteiger partial charge in [0, 0.05) is 12.8 Å². The van der Waals surface area contributed by atoms with Crippen molar-refractivity contribution in [2.24, 2.45) is 5.73 Å². The Labute approximate surface area is 76.2 Å². The molecule has 0 bridgehead atoms. The summed E-state index contributed by atoms with van der Waals surface area (Å²) in [6.07, 6.45) is -0.659. The van der Waals surface area contributed by atoms with E-state index in [2.05, 4.69) is 4.74 Å². The molecular formula is C8H15F2NO2. The third-order valence-corrected chi connectivity index (χ3v) is 1.84. The van der Waals surface area contributed by atoms with Gasteiger partial charge in [-0.25, -0.2) is 8.78 Å². The molecule has 0 saturated carbocycles. The van der Waals surface area contributed by atoms with Crippen LogP contribution in [0.15, 0.2) is 0 Å². The highest BCUT2D eigenvalue weighted by Crippen LogP contribution is 2.24. The zero-order valence-corrected chi connectivity index (χ0v) is 7.85. The Morgan fingerprint density at radius 2 is 2.15 bits per heavy atom. The van der Waals surface area contributed by atoms with Crippen molar-refractivity contribution in [3.63, 3.8) is 0 Å². The molecule has 0 fully saturated rings. The molecule has 0 aliphatic heterocycles. The second kappa shape index (κ2) is 5.11. The Bertz CT molecular complexity index is 174. The summed E-state index contributed by atoms with van der Waals surface area (Å²) < 4.78 is 29.6. The van der Waals surface area contributed by atoms with Crippen molar-refractivity contribution in [2.75, 3.05) is 7.11 Å². The van der Waals surface area contributed by atoms with Crippen LogP contribution in [0.3, 0.4) is 0 Å². The monoisotopic (exact) mass is 195 g/mol. The third kappa shape index (κ3) is 4.77. The van der Waals surface area contributed by atoms with Crippen LogP contribution in [0.25, 0.3) is 0 Å². The molecule has 1 atom stereocenters. The van der Waals surface area contributed by atoms with Gasteiger partial charge in [0.25, 0.3) is 0 Å². The van der Waals surface area contributed by atoms with Gasteiger partial charge in [0.15, 0.2) is 0 Å². The molecule has 0 spiro atoms. The second-order valence-corrected chi connectivity index (χ2v) is 2.88. The number of hydrogen-bond acceptors (Lipinski definition) is 3. The van der Waals surface area contributed by atoms with E-state index in [0.717, 1.165) is 0 Å². The van der Waals surface area contributed by atoms with Gasteiger partial charge in [-0.3, -0.25) is 4.79 Å². The van der Waals surface area contributed by atoms with Crippen molar-refractivity contribution in [3.8, 4) is 0 Å². The molecule has 0 aliphatic carbocycles. The normalized spacial score (nSPS) is 13.9. The Morgan fingerprint density at radius 3 is 2.54 bits per heavy atom. The Balaban J connectivity index is 3.82. The highest BCUT2D eigenvalue weighted by molar-refractivity contribution is 5.75. The van der Waals surface area contributed by atoms with Gasteiger partial charge in [-0.15, -0.1) is 0 Å². The van der Waals surface area contributed by atoms with Crippen molar-refractivity contribution >= 4 is 5.97 Å². The molecule has 0 heterocycles. The van der Waals surface area contributed by atoms with E-state index in [0.29, 0.717) is 0 Å². The molecule has 0 aliphatic rings. The van der Waals surface area contributed by atoms with E-state index in [1.54, 1.807) is 0 Å². The van der Waals surface area contributed by atoms with Crippen LogP contribution in [0.2, 0.25) is 0 Å². The van der Waals surface area contributed by atoms with E-state index in [4.69, 9.17) is 5.73 Å². The fourth-order valence-corrected chi connectivity index (χ4v) is 0.813. The quantitative estimate of drug-likeness (QED) is 0.673. The van der Waals surface area contributed by atoms with Gasteiger partial charge in [0.05, 0.1) is 7.11 Å². The smallest absolute Gasteiger partial charge is 0.322 e. The number of nitrogens with two attached hydrogens (primary N) is 1. The lowest BCUT2D eigenvalue weighted by Gasteiger charge is -2.15. The van der Waals surface area contributed by atoms with Crippen molar-refractivity contribution in [1.82, 2.24) is 0 Å². The summed E-state index contributed by atoms with van der Waals surface area (Å²) >= 11 is 0. The molecule has 1 unspecified atom stereocenters. The van der Waals surface area contributed by atoms with E-state index in [1.807, 2.05) is 0 Å². The number of esters is 1. The maximum absolute atomic E-state index is 12.7. The molecule has 2 N–H and O–H groups in total. The van der Waals surface area contributed by atoms with Crippen LogP contribution in [0.4, 0.5) is 8.78 Å². The fourth-order valence-electron chi connectivity index (χ4n) is 0.813. The topological polar surface area (TPSA) is 52.3 Å². The number of methoxy groups -OCH3 is 1. The van der Waals surface area contributed by atoms with Gasteiger partial charge in [0.2, 0.25) is 5.92 Å². The lowest BCUT2D eigenvalue weighted by atomic mass is 10.1. The lowest BCUT2D eigenvalue weighted by molar-refractivity contribution is -0.142. The van der Waals surface area contributed by atoms with Crippen LogP contribution in [0.1, 0.15) is 26.2 Å². The first-order chi connectivity index (χ1) is 5.93. The number of alkyl halides is 2. The minimum absolute atomic E-state index is 0.0481. The minimum atomic E-state index is -2.73. The standard InChI is InChI=1S/C8H15F2NO2/c1-3-8(9,10)5-4-6(11)7(12)13-2/h6H,3-5,11H2,1-2H3. The first kappa shape index (κ1) is 12.3. The molecule has 0 saturated heterocycles. The molecule has 5 heteroatoms. The van der Waals surface area contributed by atoms with Crippen molar-refractivity contribution in [2.45, 2.75) is 38.2 Å². The molecule has 0 rings (SSSR count). The maximum Gasteiger partial charge on any atom is 0.322 e. The maximum atomic E-state index is 12.7. The van der Waals surface area contributed by atoms with Crippen LogP contribution in [0.5, 0.6) is 0 Å². The van der Waals surface area contributed by atoms with Crippen molar-refractivity contribution in [1.29, 1.82) is 0 Å². The molecular weight excluding hydrogens is 180 g/mol. The highest BCUT2D eigenvalue weighted by Gasteiger charge is 2.28. The Hall–Kier alpha value is -0.710. The van der Waals surface area contributed by atoms with E-state index in [1.165, 1.54) is 14.0 Å². The summed E-state index contributed by atoms with van der Waals surface area (Å²) in [6.45, 7) is 1.39. The minimum Gasteiger partial charge on any atom is -0.468 e. The van der Waals surface area contributed by atoms with Crippen LogP contribution in [0, 0.1) is 0 Å². The predicted octanol–water partition coefficient (Wildman–Crippen LogP) is 1.31. The average molecular weight is 195 g/mol. The average Bonchev–Trinajstić information content (AvgIpc) is 2.13. The number of carbonyl (C=O) groups is 1. The zero-order valence-electron chi connectivity index (χ0n) is 7.85. The van der Waals surface area contributed by atoms with Gasteiger partial charge >= 0.3 is 5.97 Å². The zero-order chi connectivity index (χ0) is 10.5. The molecule has 0 aromatic heterocycles. The van der Waals surface area contributed by atoms with E-state index in [-0.39, 0.29) is 19.3 Å². The first-order valence-electron chi connectivity index (χ1n) is 4.14. The summed E-state index contributed by atoms with van der Waals surface area (Å²) in [5.41, 5.74) is 5.28. The Kier molecular flexibility index (Phi) is 4.83. The van der Waals surface area contributed by atoms with Gasteiger partial charge < -0.3 is 10.5 Å². The van der Waals surface area contributed by atoms with Crippen LogP contribution >= 0.6 is 0 Å². The molecule has 78 valence electrons.